The second kappa shape index (κ2) is 6.72. The maximum absolute atomic E-state index is 14.0. The van der Waals surface area contributed by atoms with E-state index in [2.05, 4.69) is 0 Å². The van der Waals surface area contributed by atoms with Gasteiger partial charge in [-0.15, -0.1) is 0 Å². The lowest BCUT2D eigenvalue weighted by molar-refractivity contribution is 0.136. The molecule has 0 saturated heterocycles. The topological polar surface area (TPSA) is 29.5 Å². The first-order chi connectivity index (χ1) is 9.97. The number of aliphatic hydroxyl groups is 1. The Kier molecular flexibility index (Phi) is 4.97. The van der Waals surface area contributed by atoms with Gasteiger partial charge in [0.15, 0.2) is 0 Å². The molecule has 1 unspecified atom stereocenters. The molecule has 0 aromatic heterocycles. The van der Waals surface area contributed by atoms with Crippen LogP contribution in [0, 0.1) is 26.6 Å². The second-order valence-corrected chi connectivity index (χ2v) is 5.45. The van der Waals surface area contributed by atoms with E-state index >= 15 is 0 Å². The Labute approximate surface area is 125 Å². The number of aryl methyl sites for hydroxylation is 3. The third-order valence-corrected chi connectivity index (χ3v) is 3.46. The van der Waals surface area contributed by atoms with Crippen molar-refractivity contribution in [2.24, 2.45) is 0 Å². The number of halogens is 1. The van der Waals surface area contributed by atoms with Crippen LogP contribution >= 0.6 is 0 Å². The van der Waals surface area contributed by atoms with Gasteiger partial charge in [-0.2, -0.15) is 0 Å². The van der Waals surface area contributed by atoms with Crippen molar-refractivity contribution in [2.45, 2.75) is 33.3 Å². The van der Waals surface area contributed by atoms with Crippen LogP contribution in [0.1, 0.15) is 34.8 Å². The van der Waals surface area contributed by atoms with Gasteiger partial charge in [0.05, 0.1) is 12.7 Å². The molecule has 21 heavy (non-hydrogen) atoms. The molecular formula is C18H21FO2. The van der Waals surface area contributed by atoms with E-state index in [1.165, 1.54) is 6.07 Å². The Morgan fingerprint density at radius 2 is 1.86 bits per heavy atom. The van der Waals surface area contributed by atoms with Crippen LogP contribution in [0.3, 0.4) is 0 Å². The van der Waals surface area contributed by atoms with Gasteiger partial charge in [0.1, 0.15) is 11.6 Å². The van der Waals surface area contributed by atoms with Gasteiger partial charge in [0, 0.05) is 12.0 Å². The third-order valence-electron chi connectivity index (χ3n) is 3.46. The van der Waals surface area contributed by atoms with E-state index in [0.29, 0.717) is 18.6 Å². The van der Waals surface area contributed by atoms with E-state index in [4.69, 9.17) is 4.74 Å². The number of aliphatic hydroxyl groups excluding tert-OH is 1. The lowest BCUT2D eigenvalue weighted by atomic mass is 9.98. The van der Waals surface area contributed by atoms with E-state index in [0.717, 1.165) is 22.4 Å². The molecule has 0 amide bonds. The predicted molar refractivity (Wildman–Crippen MR) is 82.1 cm³/mol. The summed E-state index contributed by atoms with van der Waals surface area (Å²) in [7, 11) is 0. The van der Waals surface area contributed by atoms with Crippen molar-refractivity contribution in [3.05, 3.63) is 64.5 Å². The molecule has 0 bridgehead atoms. The van der Waals surface area contributed by atoms with E-state index in [9.17, 15) is 9.50 Å². The summed E-state index contributed by atoms with van der Waals surface area (Å²) in [6.07, 6.45) is -0.496. The number of rotatable bonds is 5. The third kappa shape index (κ3) is 4.05. The number of benzene rings is 2. The lowest BCUT2D eigenvalue weighted by Crippen LogP contribution is -2.09. The molecule has 2 rings (SSSR count). The Balaban J connectivity index is 1.98. The summed E-state index contributed by atoms with van der Waals surface area (Å²) in [5.41, 5.74) is 3.12. The molecule has 2 aromatic carbocycles. The normalized spacial score (nSPS) is 12.2. The first-order valence-electron chi connectivity index (χ1n) is 7.11. The number of hydrogen-bond acceptors (Lipinski definition) is 2. The van der Waals surface area contributed by atoms with Crippen LogP contribution in [0.25, 0.3) is 0 Å². The zero-order valence-corrected chi connectivity index (χ0v) is 12.7. The second-order valence-electron chi connectivity index (χ2n) is 5.45. The monoisotopic (exact) mass is 288 g/mol. The Hall–Kier alpha value is -1.87. The largest absolute Gasteiger partial charge is 0.493 e. The molecule has 2 nitrogen and oxygen atoms in total. The minimum absolute atomic E-state index is 0.345. The van der Waals surface area contributed by atoms with Gasteiger partial charge in [-0.05, 0) is 55.7 Å². The lowest BCUT2D eigenvalue weighted by Gasteiger charge is -2.16. The number of ether oxygens (including phenoxy) is 1. The minimum Gasteiger partial charge on any atom is -0.493 e. The van der Waals surface area contributed by atoms with Gasteiger partial charge >= 0.3 is 0 Å². The summed E-state index contributed by atoms with van der Waals surface area (Å²) >= 11 is 0. The van der Waals surface area contributed by atoms with Gasteiger partial charge in [0.2, 0.25) is 0 Å². The summed E-state index contributed by atoms with van der Waals surface area (Å²) in [6.45, 7) is 5.99. The maximum Gasteiger partial charge on any atom is 0.129 e. The molecule has 1 atom stereocenters. The first-order valence-corrected chi connectivity index (χ1v) is 7.11. The zero-order chi connectivity index (χ0) is 15.4. The van der Waals surface area contributed by atoms with Crippen LogP contribution in [-0.2, 0) is 0 Å². The molecular weight excluding hydrogens is 267 g/mol. The molecule has 0 fully saturated rings. The van der Waals surface area contributed by atoms with E-state index in [1.54, 1.807) is 0 Å². The van der Waals surface area contributed by atoms with Crippen LogP contribution in [0.15, 0.2) is 36.4 Å². The highest BCUT2D eigenvalue weighted by atomic mass is 19.1. The highest BCUT2D eigenvalue weighted by molar-refractivity contribution is 5.33. The quantitative estimate of drug-likeness (QED) is 0.891. The van der Waals surface area contributed by atoms with Gasteiger partial charge in [0.25, 0.3) is 0 Å². The molecule has 0 radical (unpaired) electrons. The highest BCUT2D eigenvalue weighted by Crippen LogP contribution is 2.25. The summed E-state index contributed by atoms with van der Waals surface area (Å²) in [6, 6.07) is 11.1. The predicted octanol–water partition coefficient (Wildman–Crippen LogP) is 4.25. The van der Waals surface area contributed by atoms with Crippen molar-refractivity contribution in [3.63, 3.8) is 0 Å². The molecule has 2 aromatic rings. The summed E-state index contributed by atoms with van der Waals surface area (Å²) in [5.74, 6) is 0.416. The van der Waals surface area contributed by atoms with Crippen molar-refractivity contribution in [2.75, 3.05) is 6.61 Å². The Morgan fingerprint density at radius 3 is 2.52 bits per heavy atom. The fraction of sp³-hybridized carbons (Fsp3) is 0.333. The standard InChI is InChI=1S/C18H21FO2/c1-12-5-4-6-15(10-12)21-8-7-17(20)18-14(3)9-13(2)11-16(18)19/h4-6,9-11,17,20H,7-8H2,1-3H3. The van der Waals surface area contributed by atoms with Crippen LogP contribution in [0.2, 0.25) is 0 Å². The van der Waals surface area contributed by atoms with Gasteiger partial charge in [-0.25, -0.2) is 4.39 Å². The average molecular weight is 288 g/mol. The van der Waals surface area contributed by atoms with Crippen LogP contribution in [0.4, 0.5) is 4.39 Å². The van der Waals surface area contributed by atoms with Gasteiger partial charge < -0.3 is 9.84 Å². The fourth-order valence-electron chi connectivity index (χ4n) is 2.49. The smallest absolute Gasteiger partial charge is 0.129 e. The van der Waals surface area contributed by atoms with Crippen molar-refractivity contribution in [1.82, 2.24) is 0 Å². The maximum atomic E-state index is 14.0. The molecule has 0 aliphatic heterocycles. The summed E-state index contributed by atoms with van der Waals surface area (Å²) in [5, 5.41) is 10.2. The minimum atomic E-state index is -0.851. The van der Waals surface area contributed by atoms with E-state index in [-0.39, 0.29) is 5.82 Å². The molecule has 0 saturated carbocycles. The molecule has 0 heterocycles. The molecule has 3 heteroatoms. The summed E-state index contributed by atoms with van der Waals surface area (Å²) in [4.78, 5) is 0. The zero-order valence-electron chi connectivity index (χ0n) is 12.7. The van der Waals surface area contributed by atoms with Crippen molar-refractivity contribution < 1.29 is 14.2 Å². The fourth-order valence-corrected chi connectivity index (χ4v) is 2.49. The number of hydrogen-bond donors (Lipinski definition) is 1. The van der Waals surface area contributed by atoms with E-state index < -0.39 is 6.10 Å². The Morgan fingerprint density at radius 1 is 1.10 bits per heavy atom. The van der Waals surface area contributed by atoms with Gasteiger partial charge in [-0.1, -0.05) is 18.2 Å². The highest BCUT2D eigenvalue weighted by Gasteiger charge is 2.16. The van der Waals surface area contributed by atoms with Crippen LogP contribution < -0.4 is 4.74 Å². The van der Waals surface area contributed by atoms with Gasteiger partial charge in [-0.3, -0.25) is 0 Å². The summed E-state index contributed by atoms with van der Waals surface area (Å²) < 4.78 is 19.6. The first kappa shape index (κ1) is 15.5. The van der Waals surface area contributed by atoms with Crippen molar-refractivity contribution >= 4 is 0 Å². The molecule has 1 N–H and O–H groups in total. The Bertz CT molecular complexity index is 599. The molecule has 0 aliphatic carbocycles. The van der Waals surface area contributed by atoms with Crippen LogP contribution in [-0.4, -0.2) is 11.7 Å². The van der Waals surface area contributed by atoms with Crippen molar-refractivity contribution in [3.8, 4) is 5.75 Å². The molecule has 0 aliphatic rings. The van der Waals surface area contributed by atoms with Crippen LogP contribution in [0.5, 0.6) is 5.75 Å². The molecule has 0 spiro atoms. The average Bonchev–Trinajstić information content (AvgIpc) is 2.37. The molecule has 112 valence electrons. The van der Waals surface area contributed by atoms with E-state index in [1.807, 2.05) is 51.1 Å². The van der Waals surface area contributed by atoms with Crippen molar-refractivity contribution in [1.29, 1.82) is 0 Å². The SMILES string of the molecule is Cc1cccc(OCCC(O)c2c(C)cc(C)cc2F)c1.